The lowest BCUT2D eigenvalue weighted by molar-refractivity contribution is -0.0370. The number of aromatic nitrogens is 4. The van der Waals surface area contributed by atoms with Crippen LogP contribution in [0.5, 0.6) is 0 Å². The minimum Gasteiger partial charge on any atom is -0.444 e. The van der Waals surface area contributed by atoms with E-state index in [-0.39, 0.29) is 23.6 Å². The summed E-state index contributed by atoms with van der Waals surface area (Å²) < 4.78 is 13.2. The monoisotopic (exact) mass is 436 g/mol. The molecule has 4 rings (SSSR count). The molecule has 30 heavy (non-hydrogen) atoms. The van der Waals surface area contributed by atoms with Crippen LogP contribution in [-0.2, 0) is 9.47 Å². The molecule has 0 saturated carbocycles. The molecule has 1 amide bonds. The van der Waals surface area contributed by atoms with Crippen LogP contribution in [0.2, 0.25) is 5.28 Å². The first-order chi connectivity index (χ1) is 14.3. The summed E-state index contributed by atoms with van der Waals surface area (Å²) in [7, 11) is 0. The van der Waals surface area contributed by atoms with Crippen LogP contribution in [0.3, 0.4) is 0 Å². The van der Waals surface area contributed by atoms with Crippen molar-refractivity contribution in [1.82, 2.24) is 24.6 Å². The Hall–Kier alpha value is -2.13. The second-order valence-electron chi connectivity index (χ2n) is 8.90. The molecule has 2 atom stereocenters. The maximum Gasteiger partial charge on any atom is 0.410 e. The number of rotatable bonds is 3. The zero-order valence-electron chi connectivity index (χ0n) is 17.7. The van der Waals surface area contributed by atoms with Crippen LogP contribution < -0.4 is 5.32 Å². The third-order valence-electron chi connectivity index (χ3n) is 5.27. The van der Waals surface area contributed by atoms with Crippen LogP contribution in [0.4, 0.5) is 10.6 Å². The van der Waals surface area contributed by atoms with Crippen LogP contribution in [0, 0.1) is 0 Å². The van der Waals surface area contributed by atoms with Crippen LogP contribution in [0.25, 0.3) is 11.0 Å². The molecule has 10 heteroatoms. The molecule has 9 nitrogen and oxygen atoms in total. The van der Waals surface area contributed by atoms with E-state index < -0.39 is 5.60 Å². The highest BCUT2D eigenvalue weighted by molar-refractivity contribution is 6.28. The maximum absolute atomic E-state index is 12.5. The standard InChI is InChI=1S/C20H29ClN6O3/c1-20(2,3)30-19(28)26-9-6-7-13(12-26)23-16-14-11-22-27(15-8-4-5-10-29-15)17(14)25-18(21)24-16/h11,13,15H,4-10,12H2,1-3H3,(H,23,24,25)/t13-,15?/m0/s1. The molecule has 1 unspecified atom stereocenters. The Balaban J connectivity index is 1.52. The molecule has 0 spiro atoms. The zero-order chi connectivity index (χ0) is 21.3. The van der Waals surface area contributed by atoms with E-state index in [0.717, 1.165) is 44.1 Å². The first-order valence-electron chi connectivity index (χ1n) is 10.6. The number of nitrogens with one attached hydrogen (secondary N) is 1. The topological polar surface area (TPSA) is 94.4 Å². The van der Waals surface area contributed by atoms with E-state index in [0.29, 0.717) is 24.6 Å². The third kappa shape index (κ3) is 4.78. The smallest absolute Gasteiger partial charge is 0.410 e. The number of fused-ring (bicyclic) bond motifs is 1. The van der Waals surface area contributed by atoms with Crippen molar-refractivity contribution in [2.24, 2.45) is 0 Å². The lowest BCUT2D eigenvalue weighted by atomic mass is 10.1. The summed E-state index contributed by atoms with van der Waals surface area (Å²) in [5.41, 5.74) is 0.142. The third-order valence-corrected chi connectivity index (χ3v) is 5.44. The van der Waals surface area contributed by atoms with E-state index in [1.807, 2.05) is 20.8 Å². The molecule has 164 valence electrons. The molecular formula is C20H29ClN6O3. The molecule has 2 saturated heterocycles. The van der Waals surface area contributed by atoms with Crippen molar-refractivity contribution >= 4 is 34.5 Å². The van der Waals surface area contributed by atoms with Crippen molar-refractivity contribution in [3.8, 4) is 0 Å². The summed E-state index contributed by atoms with van der Waals surface area (Å²) in [6, 6.07) is 0.0368. The van der Waals surface area contributed by atoms with Crippen LogP contribution >= 0.6 is 11.6 Å². The minimum atomic E-state index is -0.514. The van der Waals surface area contributed by atoms with Gasteiger partial charge in [-0.15, -0.1) is 0 Å². The van der Waals surface area contributed by atoms with E-state index in [2.05, 4.69) is 20.4 Å². The van der Waals surface area contributed by atoms with Crippen molar-refractivity contribution < 1.29 is 14.3 Å². The molecular weight excluding hydrogens is 408 g/mol. The zero-order valence-corrected chi connectivity index (χ0v) is 18.5. The Bertz CT molecular complexity index is 906. The van der Waals surface area contributed by atoms with Gasteiger partial charge in [-0.25, -0.2) is 9.48 Å². The summed E-state index contributed by atoms with van der Waals surface area (Å²) in [5, 5.41) is 8.90. The number of ether oxygens (including phenoxy) is 2. The molecule has 0 aliphatic carbocycles. The Kier molecular flexibility index (Phi) is 6.02. The number of anilines is 1. The predicted molar refractivity (Wildman–Crippen MR) is 114 cm³/mol. The highest BCUT2D eigenvalue weighted by Crippen LogP contribution is 2.29. The number of carbonyl (C=O) groups is 1. The van der Waals surface area contributed by atoms with E-state index >= 15 is 0 Å². The van der Waals surface area contributed by atoms with Gasteiger partial charge in [0, 0.05) is 25.7 Å². The van der Waals surface area contributed by atoms with Crippen molar-refractivity contribution in [2.45, 2.75) is 70.7 Å². The molecule has 0 bridgehead atoms. The molecule has 2 aromatic rings. The van der Waals surface area contributed by atoms with Gasteiger partial charge >= 0.3 is 6.09 Å². The van der Waals surface area contributed by atoms with E-state index in [4.69, 9.17) is 21.1 Å². The largest absolute Gasteiger partial charge is 0.444 e. The minimum absolute atomic E-state index is 0.0368. The van der Waals surface area contributed by atoms with Gasteiger partial charge in [-0.2, -0.15) is 15.1 Å². The van der Waals surface area contributed by atoms with Crippen molar-refractivity contribution in [1.29, 1.82) is 0 Å². The highest BCUT2D eigenvalue weighted by atomic mass is 35.5. The number of hydrogen-bond donors (Lipinski definition) is 1. The lowest BCUT2D eigenvalue weighted by Gasteiger charge is -2.34. The van der Waals surface area contributed by atoms with Gasteiger partial charge < -0.3 is 19.7 Å². The summed E-state index contributed by atoms with van der Waals surface area (Å²) in [6.45, 7) is 7.56. The van der Waals surface area contributed by atoms with Crippen LogP contribution in [0.1, 0.15) is 59.1 Å². The number of carbonyl (C=O) groups excluding carboxylic acids is 1. The number of nitrogens with zero attached hydrogens (tertiary/aromatic N) is 5. The van der Waals surface area contributed by atoms with Crippen LogP contribution in [0.15, 0.2) is 6.20 Å². The van der Waals surface area contributed by atoms with Gasteiger partial charge in [-0.3, -0.25) is 0 Å². The van der Waals surface area contributed by atoms with Gasteiger partial charge in [0.05, 0.1) is 11.6 Å². The molecule has 2 aliphatic rings. The fourth-order valence-corrected chi connectivity index (χ4v) is 4.08. The summed E-state index contributed by atoms with van der Waals surface area (Å²) >= 11 is 6.23. The molecule has 4 heterocycles. The number of halogens is 1. The molecule has 2 aromatic heterocycles. The average Bonchev–Trinajstić information content (AvgIpc) is 3.11. The first-order valence-corrected chi connectivity index (χ1v) is 10.9. The Morgan fingerprint density at radius 2 is 2.10 bits per heavy atom. The number of likely N-dealkylation sites (tertiary alicyclic amines) is 1. The molecule has 1 N–H and O–H groups in total. The quantitative estimate of drug-likeness (QED) is 0.727. The van der Waals surface area contributed by atoms with Gasteiger partial charge in [0.1, 0.15) is 11.4 Å². The van der Waals surface area contributed by atoms with Gasteiger partial charge in [-0.1, -0.05) is 0 Å². The predicted octanol–water partition coefficient (Wildman–Crippen LogP) is 3.99. The number of hydrogen-bond acceptors (Lipinski definition) is 7. The van der Waals surface area contributed by atoms with Crippen LogP contribution in [-0.4, -0.2) is 62.1 Å². The molecule has 2 aliphatic heterocycles. The van der Waals surface area contributed by atoms with Gasteiger partial charge in [0.25, 0.3) is 0 Å². The Labute approximate surface area is 181 Å². The number of amides is 1. The van der Waals surface area contributed by atoms with Crippen molar-refractivity contribution in [3.05, 3.63) is 11.5 Å². The fraction of sp³-hybridized carbons (Fsp3) is 0.700. The summed E-state index contributed by atoms with van der Waals surface area (Å²) in [4.78, 5) is 23.0. The molecule has 0 radical (unpaired) electrons. The lowest BCUT2D eigenvalue weighted by Crippen LogP contribution is -2.47. The summed E-state index contributed by atoms with van der Waals surface area (Å²) in [6.07, 6.45) is 6.19. The van der Waals surface area contributed by atoms with Crippen molar-refractivity contribution in [3.63, 3.8) is 0 Å². The van der Waals surface area contributed by atoms with E-state index in [1.54, 1.807) is 15.8 Å². The second-order valence-corrected chi connectivity index (χ2v) is 9.24. The maximum atomic E-state index is 12.5. The van der Waals surface area contributed by atoms with E-state index in [9.17, 15) is 4.79 Å². The highest BCUT2D eigenvalue weighted by Gasteiger charge is 2.29. The van der Waals surface area contributed by atoms with Gasteiger partial charge in [-0.05, 0) is 64.5 Å². The summed E-state index contributed by atoms with van der Waals surface area (Å²) in [5.74, 6) is 0.628. The Morgan fingerprint density at radius 1 is 1.27 bits per heavy atom. The fourth-order valence-electron chi connectivity index (χ4n) is 3.92. The molecule has 0 aromatic carbocycles. The molecule has 2 fully saturated rings. The Morgan fingerprint density at radius 3 is 2.83 bits per heavy atom. The van der Waals surface area contributed by atoms with Gasteiger partial charge in [0.15, 0.2) is 11.9 Å². The first kappa shape index (κ1) is 21.1. The SMILES string of the molecule is CC(C)(C)OC(=O)N1CCC[C@H](Nc2nc(Cl)nc3c2cnn3C2CCCCO2)C1. The van der Waals surface area contributed by atoms with Crippen molar-refractivity contribution in [2.75, 3.05) is 25.0 Å². The normalized spacial score (nSPS) is 22.9. The second kappa shape index (κ2) is 8.55. The number of piperidine rings is 1. The van der Waals surface area contributed by atoms with E-state index in [1.165, 1.54) is 0 Å². The average molecular weight is 437 g/mol. The van der Waals surface area contributed by atoms with Gasteiger partial charge in [0.2, 0.25) is 5.28 Å².